The van der Waals surface area contributed by atoms with Crippen molar-refractivity contribution in [1.82, 2.24) is 9.88 Å². The predicted octanol–water partition coefficient (Wildman–Crippen LogP) is 5.06. The summed E-state index contributed by atoms with van der Waals surface area (Å²) in [5, 5.41) is 3.83. The van der Waals surface area contributed by atoms with Crippen LogP contribution in [-0.2, 0) is 13.0 Å². The molecule has 29 heavy (non-hydrogen) atoms. The SMILES string of the molecule is COc1cccc(-c2nc3ccc4ccccc4c3c3c2CN(C)CC3)c1OC. The fraction of sp³-hybridized carbons (Fsp3) is 0.240. The van der Waals surface area contributed by atoms with Crippen LogP contribution in [0.5, 0.6) is 11.5 Å². The summed E-state index contributed by atoms with van der Waals surface area (Å²) < 4.78 is 11.3. The second-order valence-corrected chi connectivity index (χ2v) is 7.63. The molecular weight excluding hydrogens is 360 g/mol. The Balaban J connectivity index is 1.89. The number of likely N-dealkylation sites (N-methyl/N-ethyl adjacent to an activating group) is 1. The van der Waals surface area contributed by atoms with Crippen molar-refractivity contribution in [2.24, 2.45) is 0 Å². The quantitative estimate of drug-likeness (QED) is 0.463. The minimum absolute atomic E-state index is 0.725. The van der Waals surface area contributed by atoms with Gasteiger partial charge in [-0.25, -0.2) is 4.98 Å². The summed E-state index contributed by atoms with van der Waals surface area (Å²) in [5.74, 6) is 1.46. The van der Waals surface area contributed by atoms with E-state index in [2.05, 4.69) is 54.4 Å². The number of pyridine rings is 1. The molecule has 0 atom stereocenters. The summed E-state index contributed by atoms with van der Waals surface area (Å²) in [6.07, 6.45) is 1.01. The Morgan fingerprint density at radius 3 is 2.59 bits per heavy atom. The van der Waals surface area contributed by atoms with Gasteiger partial charge in [0.25, 0.3) is 0 Å². The van der Waals surface area contributed by atoms with E-state index in [1.165, 1.54) is 27.3 Å². The Morgan fingerprint density at radius 1 is 0.897 bits per heavy atom. The van der Waals surface area contributed by atoms with Crippen molar-refractivity contribution in [1.29, 1.82) is 0 Å². The molecule has 4 nitrogen and oxygen atoms in total. The lowest BCUT2D eigenvalue weighted by Crippen LogP contribution is -2.27. The number of rotatable bonds is 3. The lowest BCUT2D eigenvalue weighted by molar-refractivity contribution is 0.314. The van der Waals surface area contributed by atoms with Gasteiger partial charge in [-0.15, -0.1) is 0 Å². The maximum absolute atomic E-state index is 5.74. The van der Waals surface area contributed by atoms with E-state index in [9.17, 15) is 0 Å². The van der Waals surface area contributed by atoms with E-state index in [0.717, 1.165) is 47.8 Å². The van der Waals surface area contributed by atoms with Gasteiger partial charge in [-0.3, -0.25) is 0 Å². The highest BCUT2D eigenvalue weighted by Crippen LogP contribution is 2.42. The van der Waals surface area contributed by atoms with Crippen LogP contribution in [0.3, 0.4) is 0 Å². The first-order valence-electron chi connectivity index (χ1n) is 9.94. The van der Waals surface area contributed by atoms with E-state index in [1.54, 1.807) is 14.2 Å². The average molecular weight is 384 g/mol. The summed E-state index contributed by atoms with van der Waals surface area (Å²) in [7, 11) is 5.53. The van der Waals surface area contributed by atoms with Gasteiger partial charge in [-0.2, -0.15) is 0 Å². The van der Waals surface area contributed by atoms with Gasteiger partial charge in [0, 0.05) is 24.0 Å². The van der Waals surface area contributed by atoms with Crippen molar-refractivity contribution in [3.05, 3.63) is 65.7 Å². The monoisotopic (exact) mass is 384 g/mol. The number of benzene rings is 3. The molecule has 0 aliphatic carbocycles. The van der Waals surface area contributed by atoms with Gasteiger partial charge in [0.2, 0.25) is 0 Å². The zero-order chi connectivity index (χ0) is 20.0. The number of hydrogen-bond acceptors (Lipinski definition) is 4. The molecule has 0 unspecified atom stereocenters. The summed E-state index contributed by atoms with van der Waals surface area (Å²) in [4.78, 5) is 7.52. The molecule has 3 aromatic carbocycles. The lowest BCUT2D eigenvalue weighted by Gasteiger charge is -2.29. The van der Waals surface area contributed by atoms with Gasteiger partial charge in [0.15, 0.2) is 11.5 Å². The number of fused-ring (bicyclic) bond motifs is 5. The van der Waals surface area contributed by atoms with E-state index in [4.69, 9.17) is 14.5 Å². The molecule has 0 saturated heterocycles. The Labute approximate surface area is 170 Å². The normalized spacial score (nSPS) is 14.2. The van der Waals surface area contributed by atoms with E-state index < -0.39 is 0 Å². The molecule has 0 fully saturated rings. The highest BCUT2D eigenvalue weighted by atomic mass is 16.5. The smallest absolute Gasteiger partial charge is 0.170 e. The van der Waals surface area contributed by atoms with Crippen molar-refractivity contribution in [3.63, 3.8) is 0 Å². The Kier molecular flexibility index (Phi) is 4.36. The number of para-hydroxylation sites is 1. The Hall–Kier alpha value is -3.11. The predicted molar refractivity (Wildman–Crippen MR) is 118 cm³/mol. The number of nitrogens with zero attached hydrogens (tertiary/aromatic N) is 2. The largest absolute Gasteiger partial charge is 0.493 e. The molecule has 2 heterocycles. The van der Waals surface area contributed by atoms with Crippen molar-refractivity contribution < 1.29 is 9.47 Å². The van der Waals surface area contributed by atoms with Gasteiger partial charge < -0.3 is 14.4 Å². The molecule has 1 aliphatic heterocycles. The first-order chi connectivity index (χ1) is 14.2. The standard InChI is InChI=1S/C25H24N2O2/c1-27-14-13-18-20(15-27)24(19-9-6-10-22(28-2)25(19)29-3)26-21-12-11-16-7-4-5-8-17(16)23(18)21/h4-12H,13-15H2,1-3H3. The summed E-state index contributed by atoms with van der Waals surface area (Å²) in [6, 6.07) is 18.9. The maximum atomic E-state index is 5.74. The maximum Gasteiger partial charge on any atom is 0.170 e. The van der Waals surface area contributed by atoms with E-state index in [1.807, 2.05) is 12.1 Å². The molecule has 0 amide bonds. The molecule has 146 valence electrons. The fourth-order valence-electron chi connectivity index (χ4n) is 4.55. The Morgan fingerprint density at radius 2 is 1.76 bits per heavy atom. The van der Waals surface area contributed by atoms with Crippen molar-refractivity contribution >= 4 is 21.7 Å². The molecule has 0 bridgehead atoms. The van der Waals surface area contributed by atoms with Gasteiger partial charge in [-0.05, 0) is 53.6 Å². The van der Waals surface area contributed by atoms with Crippen LogP contribution in [0, 0.1) is 0 Å². The highest BCUT2D eigenvalue weighted by Gasteiger charge is 2.25. The molecule has 4 aromatic rings. The van der Waals surface area contributed by atoms with E-state index in [-0.39, 0.29) is 0 Å². The minimum Gasteiger partial charge on any atom is -0.493 e. The van der Waals surface area contributed by atoms with E-state index in [0.29, 0.717) is 0 Å². The van der Waals surface area contributed by atoms with Crippen LogP contribution in [0.4, 0.5) is 0 Å². The van der Waals surface area contributed by atoms with Crippen molar-refractivity contribution in [2.45, 2.75) is 13.0 Å². The highest BCUT2D eigenvalue weighted by molar-refractivity contribution is 6.09. The summed E-state index contributed by atoms with van der Waals surface area (Å²) in [5.41, 5.74) is 5.70. The number of hydrogen-bond donors (Lipinski definition) is 0. The first-order valence-corrected chi connectivity index (χ1v) is 9.94. The molecule has 0 spiro atoms. The third kappa shape index (κ3) is 2.83. The zero-order valence-corrected chi connectivity index (χ0v) is 17.0. The molecule has 0 saturated carbocycles. The minimum atomic E-state index is 0.725. The number of aromatic nitrogens is 1. The van der Waals surface area contributed by atoms with Crippen LogP contribution in [0.1, 0.15) is 11.1 Å². The molecular formula is C25H24N2O2. The fourth-order valence-corrected chi connectivity index (χ4v) is 4.55. The van der Waals surface area contributed by atoms with Crippen LogP contribution >= 0.6 is 0 Å². The topological polar surface area (TPSA) is 34.6 Å². The van der Waals surface area contributed by atoms with Gasteiger partial charge in [0.1, 0.15) is 0 Å². The average Bonchev–Trinajstić information content (AvgIpc) is 2.77. The van der Waals surface area contributed by atoms with Gasteiger partial charge in [0.05, 0.1) is 25.4 Å². The summed E-state index contributed by atoms with van der Waals surface area (Å²) in [6.45, 7) is 1.92. The third-order valence-electron chi connectivity index (χ3n) is 5.92. The van der Waals surface area contributed by atoms with Crippen LogP contribution in [-0.4, -0.2) is 37.7 Å². The zero-order valence-electron chi connectivity index (χ0n) is 17.0. The molecule has 0 N–H and O–H groups in total. The molecule has 0 radical (unpaired) electrons. The molecule has 1 aromatic heterocycles. The second-order valence-electron chi connectivity index (χ2n) is 7.63. The van der Waals surface area contributed by atoms with Gasteiger partial charge in [-0.1, -0.05) is 36.4 Å². The molecule has 5 rings (SSSR count). The lowest BCUT2D eigenvalue weighted by atomic mass is 9.89. The van der Waals surface area contributed by atoms with Gasteiger partial charge >= 0.3 is 0 Å². The van der Waals surface area contributed by atoms with Crippen LogP contribution in [0.2, 0.25) is 0 Å². The Bertz CT molecular complexity index is 1230. The second kappa shape index (κ2) is 7.05. The van der Waals surface area contributed by atoms with Crippen molar-refractivity contribution in [3.8, 4) is 22.8 Å². The van der Waals surface area contributed by atoms with Crippen molar-refractivity contribution in [2.75, 3.05) is 27.8 Å². The molecule has 4 heteroatoms. The third-order valence-corrected chi connectivity index (χ3v) is 5.92. The van der Waals surface area contributed by atoms with E-state index >= 15 is 0 Å². The first kappa shape index (κ1) is 18.0. The summed E-state index contributed by atoms with van der Waals surface area (Å²) >= 11 is 0. The van der Waals surface area contributed by atoms with Crippen LogP contribution in [0.15, 0.2) is 54.6 Å². The number of methoxy groups -OCH3 is 2. The van der Waals surface area contributed by atoms with Crippen LogP contribution < -0.4 is 9.47 Å². The van der Waals surface area contributed by atoms with Crippen LogP contribution in [0.25, 0.3) is 32.9 Å². The molecule has 1 aliphatic rings. The number of ether oxygens (including phenoxy) is 2.